The standard InChI is InChI=1S/C24H44N2O12/c1-3-4-5-6-7-8-9-34-23-17(26-13(2)29)18(31)22(15(11-28)36-23)38-24-20(33)19(32)21(14(10-27)37-24)35-12-16(25)30/h14-15,17-24,27-28,31-33H,3-12H2,1-2H3,(H2,25,30)(H,26,29)/t14-,15-,17-,18-,19-,20-,21+,22-,23-,24+/m1/s1. The van der Waals surface area contributed by atoms with Gasteiger partial charge in [-0.05, 0) is 6.42 Å². The third kappa shape index (κ3) is 9.33. The van der Waals surface area contributed by atoms with Crippen molar-refractivity contribution in [2.24, 2.45) is 5.73 Å². The van der Waals surface area contributed by atoms with Crippen molar-refractivity contribution in [1.29, 1.82) is 0 Å². The van der Waals surface area contributed by atoms with Crippen LogP contribution < -0.4 is 11.1 Å². The van der Waals surface area contributed by atoms with Gasteiger partial charge in [0.25, 0.3) is 0 Å². The summed E-state index contributed by atoms with van der Waals surface area (Å²) in [6.07, 6.45) is -6.32. The van der Waals surface area contributed by atoms with Crippen LogP contribution in [0.15, 0.2) is 0 Å². The van der Waals surface area contributed by atoms with Crippen LogP contribution in [0.3, 0.4) is 0 Å². The van der Waals surface area contributed by atoms with Crippen molar-refractivity contribution < 1.29 is 58.8 Å². The van der Waals surface area contributed by atoms with E-state index < -0.39 is 93.0 Å². The lowest BCUT2D eigenvalue weighted by atomic mass is 9.95. The van der Waals surface area contributed by atoms with Crippen LogP contribution in [0, 0.1) is 0 Å². The van der Waals surface area contributed by atoms with E-state index in [0.717, 1.165) is 32.1 Å². The molecule has 0 saturated carbocycles. The number of aliphatic hydroxyl groups is 5. The number of nitrogens with one attached hydrogen (secondary N) is 1. The summed E-state index contributed by atoms with van der Waals surface area (Å²) in [7, 11) is 0. The number of primary amides is 1. The van der Waals surface area contributed by atoms with E-state index in [0.29, 0.717) is 6.61 Å². The largest absolute Gasteiger partial charge is 0.394 e. The van der Waals surface area contributed by atoms with Crippen LogP contribution in [0.2, 0.25) is 0 Å². The van der Waals surface area contributed by atoms with Gasteiger partial charge in [-0.25, -0.2) is 0 Å². The average molecular weight is 553 g/mol. The minimum absolute atomic E-state index is 0.310. The van der Waals surface area contributed by atoms with Crippen molar-refractivity contribution in [3.05, 3.63) is 0 Å². The molecule has 2 aliphatic rings. The van der Waals surface area contributed by atoms with Crippen LogP contribution in [0.5, 0.6) is 0 Å². The van der Waals surface area contributed by atoms with Gasteiger partial charge in [0, 0.05) is 13.5 Å². The highest BCUT2D eigenvalue weighted by atomic mass is 16.7. The second-order valence-electron chi connectivity index (χ2n) is 9.63. The second-order valence-corrected chi connectivity index (χ2v) is 9.63. The molecule has 38 heavy (non-hydrogen) atoms. The number of nitrogens with two attached hydrogens (primary N) is 1. The number of ether oxygens (including phenoxy) is 5. The quantitative estimate of drug-likeness (QED) is 0.100. The topological polar surface area (TPSA) is 219 Å². The summed E-state index contributed by atoms with van der Waals surface area (Å²) in [5.41, 5.74) is 5.05. The maximum Gasteiger partial charge on any atom is 0.243 e. The SMILES string of the molecule is CCCCCCCCO[C@@H]1O[C@H](CO)[C@@H](O[C@@H]2O[C@H](CO)[C@H](OCC(N)=O)[C@H](O)[C@H]2O)[C@H](O)[C@H]1NC(C)=O. The summed E-state index contributed by atoms with van der Waals surface area (Å²) < 4.78 is 28.1. The van der Waals surface area contributed by atoms with E-state index >= 15 is 0 Å². The van der Waals surface area contributed by atoms with Gasteiger partial charge >= 0.3 is 0 Å². The van der Waals surface area contributed by atoms with Crippen LogP contribution >= 0.6 is 0 Å². The Morgan fingerprint density at radius 2 is 1.45 bits per heavy atom. The highest BCUT2D eigenvalue weighted by Gasteiger charge is 2.51. The molecule has 2 rings (SSSR count). The van der Waals surface area contributed by atoms with Gasteiger partial charge in [-0.2, -0.15) is 0 Å². The van der Waals surface area contributed by atoms with Gasteiger partial charge < -0.3 is 60.3 Å². The van der Waals surface area contributed by atoms with Crippen molar-refractivity contribution >= 4 is 11.8 Å². The first kappa shape index (κ1) is 32.8. The predicted molar refractivity (Wildman–Crippen MR) is 130 cm³/mol. The van der Waals surface area contributed by atoms with Gasteiger partial charge in [0.05, 0.1) is 13.2 Å². The Hall–Kier alpha value is -1.46. The average Bonchev–Trinajstić information content (AvgIpc) is 2.88. The fourth-order valence-electron chi connectivity index (χ4n) is 4.55. The molecular formula is C24H44N2O12. The van der Waals surface area contributed by atoms with Crippen molar-refractivity contribution in [2.75, 3.05) is 26.4 Å². The normalized spacial score (nSPS) is 35.7. The first-order valence-corrected chi connectivity index (χ1v) is 13.1. The number of hydrogen-bond donors (Lipinski definition) is 7. The molecule has 0 aromatic heterocycles. The van der Waals surface area contributed by atoms with E-state index in [-0.39, 0.29) is 0 Å². The molecule has 14 nitrogen and oxygen atoms in total. The van der Waals surface area contributed by atoms with E-state index in [1.54, 1.807) is 0 Å². The Labute approximate surface area is 222 Å². The highest BCUT2D eigenvalue weighted by Crippen LogP contribution is 2.30. The number of rotatable bonds is 16. The van der Waals surface area contributed by atoms with Gasteiger partial charge in [0.1, 0.15) is 55.4 Å². The maximum atomic E-state index is 11.9. The molecule has 2 aliphatic heterocycles. The summed E-state index contributed by atoms with van der Waals surface area (Å²) in [6, 6.07) is -1.08. The lowest BCUT2D eigenvalue weighted by Crippen LogP contribution is -2.67. The minimum atomic E-state index is -1.73. The Morgan fingerprint density at radius 3 is 2.05 bits per heavy atom. The molecule has 0 unspecified atom stereocenters. The van der Waals surface area contributed by atoms with E-state index in [2.05, 4.69) is 12.2 Å². The molecule has 0 bridgehead atoms. The maximum absolute atomic E-state index is 11.9. The number of carbonyl (C=O) groups is 2. The molecule has 14 heteroatoms. The Morgan fingerprint density at radius 1 is 0.842 bits per heavy atom. The zero-order valence-electron chi connectivity index (χ0n) is 22.0. The number of hydrogen-bond acceptors (Lipinski definition) is 12. The molecule has 0 spiro atoms. The Bertz CT molecular complexity index is 714. The monoisotopic (exact) mass is 552 g/mol. The van der Waals surface area contributed by atoms with E-state index in [1.807, 2.05) is 0 Å². The molecule has 8 N–H and O–H groups in total. The van der Waals surface area contributed by atoms with Crippen LogP contribution in [-0.4, -0.2) is 125 Å². The van der Waals surface area contributed by atoms with Crippen molar-refractivity contribution in [3.8, 4) is 0 Å². The molecule has 222 valence electrons. The molecule has 2 amide bonds. The molecule has 0 aliphatic carbocycles. The van der Waals surface area contributed by atoms with Crippen LogP contribution in [0.4, 0.5) is 0 Å². The summed E-state index contributed by atoms with van der Waals surface area (Å²) >= 11 is 0. The lowest BCUT2D eigenvalue weighted by molar-refractivity contribution is -0.350. The van der Waals surface area contributed by atoms with Crippen LogP contribution in [-0.2, 0) is 33.3 Å². The highest BCUT2D eigenvalue weighted by molar-refractivity contribution is 5.75. The van der Waals surface area contributed by atoms with Crippen molar-refractivity contribution in [3.63, 3.8) is 0 Å². The second kappa shape index (κ2) is 16.6. The zero-order chi connectivity index (χ0) is 28.2. The molecule has 2 fully saturated rings. The Kier molecular flexibility index (Phi) is 14.3. The summed E-state index contributed by atoms with van der Waals surface area (Å²) in [4.78, 5) is 22.9. The third-order valence-corrected chi connectivity index (χ3v) is 6.53. The molecular weight excluding hydrogens is 508 g/mol. The molecule has 10 atom stereocenters. The predicted octanol–water partition coefficient (Wildman–Crippen LogP) is -2.36. The summed E-state index contributed by atoms with van der Waals surface area (Å²) in [6.45, 7) is 1.85. The van der Waals surface area contributed by atoms with Crippen LogP contribution in [0.1, 0.15) is 52.4 Å². The lowest BCUT2D eigenvalue weighted by Gasteiger charge is -2.47. The van der Waals surface area contributed by atoms with E-state index in [1.165, 1.54) is 13.3 Å². The molecule has 2 heterocycles. The van der Waals surface area contributed by atoms with Gasteiger partial charge in [0.15, 0.2) is 12.6 Å². The summed E-state index contributed by atoms with van der Waals surface area (Å²) in [5.74, 6) is -1.29. The van der Waals surface area contributed by atoms with Crippen LogP contribution in [0.25, 0.3) is 0 Å². The molecule has 0 aromatic carbocycles. The first-order valence-electron chi connectivity index (χ1n) is 13.1. The fourth-order valence-corrected chi connectivity index (χ4v) is 4.55. The van der Waals surface area contributed by atoms with Gasteiger partial charge in [0.2, 0.25) is 11.8 Å². The van der Waals surface area contributed by atoms with E-state index in [9.17, 15) is 35.1 Å². The summed E-state index contributed by atoms with van der Waals surface area (Å²) in [5, 5.41) is 54.5. The zero-order valence-corrected chi connectivity index (χ0v) is 22.0. The van der Waals surface area contributed by atoms with Gasteiger partial charge in [-0.3, -0.25) is 9.59 Å². The third-order valence-electron chi connectivity index (χ3n) is 6.53. The first-order chi connectivity index (χ1) is 18.1. The number of aliphatic hydroxyl groups excluding tert-OH is 5. The molecule has 0 radical (unpaired) electrons. The fraction of sp³-hybridized carbons (Fsp3) is 0.917. The number of carbonyl (C=O) groups excluding carboxylic acids is 2. The molecule has 2 saturated heterocycles. The van der Waals surface area contributed by atoms with Crippen molar-refractivity contribution in [2.45, 2.75) is 114 Å². The van der Waals surface area contributed by atoms with Gasteiger partial charge in [-0.15, -0.1) is 0 Å². The Balaban J connectivity index is 2.08. The number of unbranched alkanes of at least 4 members (excludes halogenated alkanes) is 5. The molecule has 0 aromatic rings. The minimum Gasteiger partial charge on any atom is -0.394 e. The van der Waals surface area contributed by atoms with Crippen molar-refractivity contribution in [1.82, 2.24) is 5.32 Å². The number of amides is 2. The van der Waals surface area contributed by atoms with Gasteiger partial charge in [-0.1, -0.05) is 39.0 Å². The smallest absolute Gasteiger partial charge is 0.243 e. The van der Waals surface area contributed by atoms with E-state index in [4.69, 9.17) is 29.4 Å².